The SMILES string of the molecule is CC1(C)c2ccccc2Oc2cc(-c3ccc(-c4cccc5oc6c7ccccc7ccc6c45)c4ccccc34)ccc21. The van der Waals surface area contributed by atoms with E-state index in [4.69, 9.17) is 9.15 Å². The Bertz CT molecular complexity index is 2410. The molecule has 43 heavy (non-hydrogen) atoms. The van der Waals surface area contributed by atoms with Gasteiger partial charge in [0.15, 0.2) is 0 Å². The molecule has 0 saturated heterocycles. The number of hydrogen-bond donors (Lipinski definition) is 0. The first-order valence-electron chi connectivity index (χ1n) is 14.9. The first-order valence-corrected chi connectivity index (χ1v) is 14.9. The fourth-order valence-corrected chi connectivity index (χ4v) is 7.19. The molecule has 2 heteroatoms. The lowest BCUT2D eigenvalue weighted by Gasteiger charge is -2.34. The molecule has 0 spiro atoms. The summed E-state index contributed by atoms with van der Waals surface area (Å²) in [4.78, 5) is 0. The van der Waals surface area contributed by atoms with Crippen LogP contribution in [0.25, 0.3) is 65.7 Å². The summed E-state index contributed by atoms with van der Waals surface area (Å²) in [6.45, 7) is 4.56. The van der Waals surface area contributed by atoms with Crippen LogP contribution in [0.1, 0.15) is 25.0 Å². The van der Waals surface area contributed by atoms with E-state index in [1.807, 2.05) is 6.07 Å². The Hall–Kier alpha value is -5.34. The van der Waals surface area contributed by atoms with Gasteiger partial charge in [-0.3, -0.25) is 0 Å². The molecular weight excluding hydrogens is 524 g/mol. The van der Waals surface area contributed by atoms with Crippen molar-refractivity contribution in [2.75, 3.05) is 0 Å². The van der Waals surface area contributed by atoms with Crippen molar-refractivity contribution in [3.63, 3.8) is 0 Å². The molecule has 0 fully saturated rings. The lowest BCUT2D eigenvalue weighted by Crippen LogP contribution is -2.24. The molecule has 0 saturated carbocycles. The molecule has 1 aliphatic heterocycles. The number of hydrogen-bond acceptors (Lipinski definition) is 2. The minimum absolute atomic E-state index is 0.133. The first-order chi connectivity index (χ1) is 21.1. The van der Waals surface area contributed by atoms with E-state index in [1.165, 1.54) is 44.0 Å². The maximum absolute atomic E-state index is 6.51. The van der Waals surface area contributed by atoms with E-state index in [0.29, 0.717) is 0 Å². The van der Waals surface area contributed by atoms with Crippen LogP contribution in [0, 0.1) is 0 Å². The topological polar surface area (TPSA) is 22.4 Å². The molecule has 0 N–H and O–H groups in total. The Morgan fingerprint density at radius 2 is 1.21 bits per heavy atom. The highest BCUT2D eigenvalue weighted by Gasteiger charge is 2.34. The van der Waals surface area contributed by atoms with Crippen molar-refractivity contribution in [1.29, 1.82) is 0 Å². The maximum Gasteiger partial charge on any atom is 0.143 e. The molecule has 204 valence electrons. The minimum Gasteiger partial charge on any atom is -0.457 e. The summed E-state index contributed by atoms with van der Waals surface area (Å²) in [6.07, 6.45) is 0. The zero-order chi connectivity index (χ0) is 28.7. The second-order valence-corrected chi connectivity index (χ2v) is 12.1. The van der Waals surface area contributed by atoms with Gasteiger partial charge in [-0.05, 0) is 62.7 Å². The van der Waals surface area contributed by atoms with Gasteiger partial charge in [0, 0.05) is 32.7 Å². The number of furan rings is 1. The van der Waals surface area contributed by atoms with Crippen LogP contribution in [-0.4, -0.2) is 0 Å². The van der Waals surface area contributed by atoms with Gasteiger partial charge in [-0.1, -0.05) is 123 Å². The van der Waals surface area contributed by atoms with Gasteiger partial charge in [0.2, 0.25) is 0 Å². The van der Waals surface area contributed by atoms with E-state index < -0.39 is 0 Å². The van der Waals surface area contributed by atoms with Gasteiger partial charge >= 0.3 is 0 Å². The van der Waals surface area contributed by atoms with Crippen molar-refractivity contribution in [3.8, 4) is 33.8 Å². The van der Waals surface area contributed by atoms with Gasteiger partial charge in [0.1, 0.15) is 22.7 Å². The van der Waals surface area contributed by atoms with Crippen LogP contribution in [0.4, 0.5) is 0 Å². The van der Waals surface area contributed by atoms with E-state index in [0.717, 1.165) is 44.4 Å². The monoisotopic (exact) mass is 552 g/mol. The summed E-state index contributed by atoms with van der Waals surface area (Å²) in [7, 11) is 0. The van der Waals surface area contributed by atoms with Crippen LogP contribution < -0.4 is 4.74 Å². The number of rotatable bonds is 2. The van der Waals surface area contributed by atoms with E-state index in [1.54, 1.807) is 0 Å². The zero-order valence-corrected chi connectivity index (χ0v) is 24.0. The van der Waals surface area contributed by atoms with Crippen LogP contribution in [0.2, 0.25) is 0 Å². The molecule has 7 aromatic carbocycles. The third-order valence-electron chi connectivity index (χ3n) is 9.35. The van der Waals surface area contributed by atoms with Gasteiger partial charge in [0.05, 0.1) is 0 Å². The summed E-state index contributed by atoms with van der Waals surface area (Å²) < 4.78 is 13.0. The molecule has 1 aromatic heterocycles. The van der Waals surface area contributed by atoms with Crippen molar-refractivity contribution in [1.82, 2.24) is 0 Å². The number of fused-ring (bicyclic) bond motifs is 8. The fourth-order valence-electron chi connectivity index (χ4n) is 7.19. The van der Waals surface area contributed by atoms with Crippen LogP contribution in [0.5, 0.6) is 11.5 Å². The summed E-state index contributed by atoms with van der Waals surface area (Å²) >= 11 is 0. The molecule has 2 heterocycles. The lowest BCUT2D eigenvalue weighted by molar-refractivity contribution is 0.418. The molecular formula is C41H28O2. The summed E-state index contributed by atoms with van der Waals surface area (Å²) in [6, 6.07) is 47.6. The van der Waals surface area contributed by atoms with Gasteiger partial charge in [-0.25, -0.2) is 0 Å². The lowest BCUT2D eigenvalue weighted by atomic mass is 9.75. The highest BCUT2D eigenvalue weighted by Crippen LogP contribution is 2.49. The molecule has 8 aromatic rings. The predicted molar refractivity (Wildman–Crippen MR) is 178 cm³/mol. The number of para-hydroxylation sites is 1. The van der Waals surface area contributed by atoms with E-state index >= 15 is 0 Å². The smallest absolute Gasteiger partial charge is 0.143 e. The molecule has 0 amide bonds. The quantitative estimate of drug-likeness (QED) is 0.213. The van der Waals surface area contributed by atoms with Crippen LogP contribution in [-0.2, 0) is 5.41 Å². The van der Waals surface area contributed by atoms with Crippen LogP contribution >= 0.6 is 0 Å². The second-order valence-electron chi connectivity index (χ2n) is 12.1. The van der Waals surface area contributed by atoms with Gasteiger partial charge in [-0.2, -0.15) is 0 Å². The Kier molecular flexibility index (Phi) is 4.99. The third kappa shape index (κ3) is 3.47. The number of ether oxygens (including phenoxy) is 1. The standard InChI is InChI=1S/C41H28O2/c1-41(2)34-15-7-8-16-36(34)42-38-24-26(19-23-35(38)41)27-21-22-31(30-13-6-5-12-29(27)30)32-14-9-17-37-39(32)33-20-18-25-10-3-4-11-28(25)40(33)43-37/h3-24H,1-2H3. The Balaban J connectivity index is 1.24. The van der Waals surface area contributed by atoms with Crippen LogP contribution in [0.15, 0.2) is 138 Å². The van der Waals surface area contributed by atoms with Gasteiger partial charge < -0.3 is 9.15 Å². The predicted octanol–water partition coefficient (Wildman–Crippen LogP) is 11.7. The summed E-state index contributed by atoms with van der Waals surface area (Å²) in [5, 5.41) is 7.06. The second kappa shape index (κ2) is 8.83. The van der Waals surface area contributed by atoms with E-state index in [2.05, 4.69) is 141 Å². The van der Waals surface area contributed by atoms with Crippen molar-refractivity contribution in [2.24, 2.45) is 0 Å². The van der Waals surface area contributed by atoms with Crippen molar-refractivity contribution >= 4 is 43.5 Å². The Morgan fingerprint density at radius 1 is 0.488 bits per heavy atom. The molecule has 0 radical (unpaired) electrons. The van der Waals surface area contributed by atoms with Crippen molar-refractivity contribution < 1.29 is 9.15 Å². The fraction of sp³-hybridized carbons (Fsp3) is 0.0732. The normalized spacial score (nSPS) is 13.7. The molecule has 0 bridgehead atoms. The Labute approximate surface area is 249 Å². The van der Waals surface area contributed by atoms with Gasteiger partial charge in [-0.15, -0.1) is 0 Å². The van der Waals surface area contributed by atoms with Crippen molar-refractivity contribution in [3.05, 3.63) is 145 Å². The molecule has 0 aliphatic carbocycles. The van der Waals surface area contributed by atoms with Crippen molar-refractivity contribution in [2.45, 2.75) is 19.3 Å². The Morgan fingerprint density at radius 3 is 2.09 bits per heavy atom. The number of benzene rings is 7. The average Bonchev–Trinajstić information content (AvgIpc) is 3.44. The molecule has 9 rings (SSSR count). The van der Waals surface area contributed by atoms with E-state index in [-0.39, 0.29) is 5.41 Å². The summed E-state index contributed by atoms with van der Waals surface area (Å²) in [5.41, 5.74) is 8.87. The highest BCUT2D eigenvalue weighted by molar-refractivity contribution is 6.21. The maximum atomic E-state index is 6.51. The first kappa shape index (κ1) is 24.3. The minimum atomic E-state index is -0.133. The average molecular weight is 553 g/mol. The molecule has 2 nitrogen and oxygen atoms in total. The molecule has 0 atom stereocenters. The van der Waals surface area contributed by atoms with Gasteiger partial charge in [0.25, 0.3) is 0 Å². The summed E-state index contributed by atoms with van der Waals surface area (Å²) in [5.74, 6) is 1.86. The van der Waals surface area contributed by atoms with Crippen LogP contribution in [0.3, 0.4) is 0 Å². The van der Waals surface area contributed by atoms with E-state index in [9.17, 15) is 0 Å². The molecule has 0 unspecified atom stereocenters. The zero-order valence-electron chi connectivity index (χ0n) is 24.0. The molecule has 1 aliphatic rings. The highest BCUT2D eigenvalue weighted by atomic mass is 16.5. The largest absolute Gasteiger partial charge is 0.457 e. The third-order valence-corrected chi connectivity index (χ3v) is 9.35.